The van der Waals surface area contributed by atoms with E-state index in [1.165, 1.54) is 11.7 Å². The standard InChI is InChI=1S/C22H23F3N4O2/c1-31-19-9-5-3-7-17(19)27-21(30)28-12-10-15(11-13-28)14-29-18-8-4-2-6-16(18)26-20(29)22(23,24)25/h2-9,15H,10-14H2,1H3,(H,27,30). The number of benzene rings is 2. The van der Waals surface area contributed by atoms with Crippen molar-refractivity contribution < 1.29 is 22.7 Å². The molecule has 0 spiro atoms. The summed E-state index contributed by atoms with van der Waals surface area (Å²) in [5.74, 6) is -0.281. The number of piperidine rings is 1. The van der Waals surface area contributed by atoms with Crippen molar-refractivity contribution in [3.63, 3.8) is 0 Å². The van der Waals surface area contributed by atoms with Gasteiger partial charge >= 0.3 is 12.2 Å². The molecule has 1 fully saturated rings. The number of fused-ring (bicyclic) bond motifs is 1. The van der Waals surface area contributed by atoms with Crippen molar-refractivity contribution in [2.24, 2.45) is 5.92 Å². The highest BCUT2D eigenvalue weighted by Crippen LogP contribution is 2.33. The number of halogens is 3. The Kier molecular flexibility index (Phi) is 5.75. The highest BCUT2D eigenvalue weighted by atomic mass is 19.4. The van der Waals surface area contributed by atoms with E-state index in [1.807, 2.05) is 6.07 Å². The summed E-state index contributed by atoms with van der Waals surface area (Å²) in [6.45, 7) is 1.16. The average molecular weight is 432 g/mol. The third-order valence-corrected chi connectivity index (χ3v) is 5.60. The van der Waals surface area contributed by atoms with Gasteiger partial charge in [-0.1, -0.05) is 24.3 Å². The first-order valence-electron chi connectivity index (χ1n) is 10.1. The third-order valence-electron chi connectivity index (χ3n) is 5.60. The van der Waals surface area contributed by atoms with Crippen LogP contribution in [0.1, 0.15) is 18.7 Å². The Hall–Kier alpha value is -3.23. The first-order chi connectivity index (χ1) is 14.9. The maximum Gasteiger partial charge on any atom is 0.449 e. The van der Waals surface area contributed by atoms with Crippen LogP contribution in [0.2, 0.25) is 0 Å². The molecule has 0 atom stereocenters. The number of amides is 2. The lowest BCUT2D eigenvalue weighted by Gasteiger charge is -2.32. The summed E-state index contributed by atoms with van der Waals surface area (Å²) in [6.07, 6.45) is -3.29. The van der Waals surface area contributed by atoms with Crippen LogP contribution in [0.5, 0.6) is 5.75 Å². The summed E-state index contributed by atoms with van der Waals surface area (Å²) < 4.78 is 47.1. The van der Waals surface area contributed by atoms with Crippen LogP contribution in [0.15, 0.2) is 48.5 Å². The normalized spacial score (nSPS) is 15.3. The van der Waals surface area contributed by atoms with Gasteiger partial charge in [0.2, 0.25) is 5.82 Å². The minimum atomic E-state index is -4.52. The number of nitrogens with one attached hydrogen (secondary N) is 1. The van der Waals surface area contributed by atoms with Gasteiger partial charge in [-0.05, 0) is 43.0 Å². The number of nitrogens with zero attached hydrogens (tertiary/aromatic N) is 3. The van der Waals surface area contributed by atoms with Gasteiger partial charge in [-0.25, -0.2) is 9.78 Å². The van der Waals surface area contributed by atoms with Crippen LogP contribution in [0.3, 0.4) is 0 Å². The quantitative estimate of drug-likeness (QED) is 0.631. The number of alkyl halides is 3. The molecule has 0 unspecified atom stereocenters. The number of carbonyl (C=O) groups excluding carboxylic acids is 1. The van der Waals surface area contributed by atoms with E-state index in [9.17, 15) is 18.0 Å². The molecule has 0 radical (unpaired) electrons. The molecule has 1 aromatic heterocycles. The summed E-state index contributed by atoms with van der Waals surface area (Å²) in [7, 11) is 1.53. The summed E-state index contributed by atoms with van der Waals surface area (Å²) >= 11 is 0. The Balaban J connectivity index is 1.42. The molecule has 1 saturated heterocycles. The Labute approximate surface area is 177 Å². The average Bonchev–Trinajstić information content (AvgIpc) is 3.14. The number of aromatic nitrogens is 2. The highest BCUT2D eigenvalue weighted by Gasteiger charge is 2.38. The largest absolute Gasteiger partial charge is 0.495 e. The first kappa shape index (κ1) is 21.0. The van der Waals surface area contributed by atoms with E-state index < -0.39 is 12.0 Å². The molecule has 0 aliphatic carbocycles. The topological polar surface area (TPSA) is 59.4 Å². The van der Waals surface area contributed by atoms with E-state index >= 15 is 0 Å². The van der Waals surface area contributed by atoms with Crippen LogP contribution in [0.25, 0.3) is 11.0 Å². The first-order valence-corrected chi connectivity index (χ1v) is 10.1. The number of anilines is 1. The third kappa shape index (κ3) is 4.45. The van der Waals surface area contributed by atoms with Gasteiger partial charge in [0.05, 0.1) is 23.8 Å². The van der Waals surface area contributed by atoms with Gasteiger partial charge in [-0.15, -0.1) is 0 Å². The van der Waals surface area contributed by atoms with E-state index in [2.05, 4.69) is 10.3 Å². The van der Waals surface area contributed by atoms with E-state index in [0.29, 0.717) is 48.4 Å². The molecular formula is C22H23F3N4O2. The monoisotopic (exact) mass is 432 g/mol. The van der Waals surface area contributed by atoms with Gasteiger partial charge in [-0.3, -0.25) is 0 Å². The maximum absolute atomic E-state index is 13.5. The van der Waals surface area contributed by atoms with Crippen LogP contribution in [-0.2, 0) is 12.7 Å². The summed E-state index contributed by atoms with van der Waals surface area (Å²) in [6, 6.07) is 13.5. The Bertz CT molecular complexity index is 1070. The van der Waals surface area contributed by atoms with Gasteiger partial charge in [0.1, 0.15) is 5.75 Å². The lowest BCUT2D eigenvalue weighted by Crippen LogP contribution is -2.41. The molecule has 2 aromatic carbocycles. The predicted octanol–water partition coefficient (Wildman–Crippen LogP) is 5.01. The van der Waals surface area contributed by atoms with Crippen LogP contribution in [-0.4, -0.2) is 40.7 Å². The molecule has 6 nitrogen and oxygen atoms in total. The predicted molar refractivity (Wildman–Crippen MR) is 111 cm³/mol. The number of carbonyl (C=O) groups is 1. The zero-order chi connectivity index (χ0) is 22.0. The number of ether oxygens (including phenoxy) is 1. The Morgan fingerprint density at radius 2 is 1.81 bits per heavy atom. The fourth-order valence-electron chi connectivity index (χ4n) is 4.00. The van der Waals surface area contributed by atoms with Crippen molar-refractivity contribution in [1.82, 2.24) is 14.5 Å². The number of hydrogen-bond acceptors (Lipinski definition) is 3. The SMILES string of the molecule is COc1ccccc1NC(=O)N1CCC(Cn2c(C(F)(F)F)nc3ccccc32)CC1. The highest BCUT2D eigenvalue weighted by molar-refractivity contribution is 5.91. The van der Waals surface area contributed by atoms with Crippen LogP contribution < -0.4 is 10.1 Å². The number of methoxy groups -OCH3 is 1. The zero-order valence-corrected chi connectivity index (χ0v) is 17.0. The Morgan fingerprint density at radius 3 is 2.52 bits per heavy atom. The smallest absolute Gasteiger partial charge is 0.449 e. The molecule has 1 N–H and O–H groups in total. The number of rotatable bonds is 4. The second-order valence-electron chi connectivity index (χ2n) is 7.59. The molecule has 0 saturated carbocycles. The van der Waals surface area contributed by atoms with Crippen LogP contribution in [0, 0.1) is 5.92 Å². The molecule has 2 heterocycles. The number of para-hydroxylation sites is 4. The number of imidazole rings is 1. The zero-order valence-electron chi connectivity index (χ0n) is 17.0. The van der Waals surface area contributed by atoms with Gasteiger partial charge in [0.25, 0.3) is 0 Å². The van der Waals surface area contributed by atoms with Crippen molar-refractivity contribution in [3.8, 4) is 5.75 Å². The van der Waals surface area contributed by atoms with Crippen molar-refractivity contribution in [2.75, 3.05) is 25.5 Å². The summed E-state index contributed by atoms with van der Waals surface area (Å²) in [5.41, 5.74) is 1.39. The van der Waals surface area contributed by atoms with E-state index in [-0.39, 0.29) is 18.5 Å². The minimum Gasteiger partial charge on any atom is -0.495 e. The van der Waals surface area contributed by atoms with Crippen molar-refractivity contribution in [3.05, 3.63) is 54.4 Å². The fraction of sp³-hybridized carbons (Fsp3) is 0.364. The number of urea groups is 1. The van der Waals surface area contributed by atoms with Gasteiger partial charge in [0, 0.05) is 19.6 Å². The number of likely N-dealkylation sites (tertiary alicyclic amines) is 1. The van der Waals surface area contributed by atoms with E-state index in [0.717, 1.165) is 0 Å². The minimum absolute atomic E-state index is 0.0222. The molecule has 1 aliphatic heterocycles. The fourth-order valence-corrected chi connectivity index (χ4v) is 4.00. The molecule has 4 rings (SSSR count). The van der Waals surface area contributed by atoms with Gasteiger partial charge < -0.3 is 19.5 Å². The van der Waals surface area contributed by atoms with Crippen molar-refractivity contribution in [1.29, 1.82) is 0 Å². The van der Waals surface area contributed by atoms with Crippen LogP contribution in [0.4, 0.5) is 23.7 Å². The lowest BCUT2D eigenvalue weighted by atomic mass is 9.96. The van der Waals surface area contributed by atoms with Crippen molar-refractivity contribution in [2.45, 2.75) is 25.6 Å². The Morgan fingerprint density at radius 1 is 1.13 bits per heavy atom. The molecule has 164 valence electrons. The van der Waals surface area contributed by atoms with Crippen LogP contribution >= 0.6 is 0 Å². The van der Waals surface area contributed by atoms with E-state index in [4.69, 9.17) is 4.74 Å². The van der Waals surface area contributed by atoms with Crippen molar-refractivity contribution >= 4 is 22.8 Å². The lowest BCUT2D eigenvalue weighted by molar-refractivity contribution is -0.147. The summed E-state index contributed by atoms with van der Waals surface area (Å²) in [5, 5.41) is 2.84. The van der Waals surface area contributed by atoms with Gasteiger partial charge in [-0.2, -0.15) is 13.2 Å². The number of hydrogen-bond donors (Lipinski definition) is 1. The maximum atomic E-state index is 13.5. The molecule has 31 heavy (non-hydrogen) atoms. The van der Waals surface area contributed by atoms with E-state index in [1.54, 1.807) is 47.4 Å². The molecule has 2 amide bonds. The molecule has 9 heteroatoms. The molecule has 0 bridgehead atoms. The molecular weight excluding hydrogens is 409 g/mol. The molecule has 3 aromatic rings. The van der Waals surface area contributed by atoms with Gasteiger partial charge in [0.15, 0.2) is 0 Å². The second-order valence-corrected chi connectivity index (χ2v) is 7.59. The summed E-state index contributed by atoms with van der Waals surface area (Å²) in [4.78, 5) is 18.1. The second kappa shape index (κ2) is 8.49. The molecule has 1 aliphatic rings.